The third-order valence-electron chi connectivity index (χ3n) is 5.44. The summed E-state index contributed by atoms with van der Waals surface area (Å²) >= 11 is 0. The van der Waals surface area contributed by atoms with E-state index in [1.165, 1.54) is 24.8 Å². The van der Waals surface area contributed by atoms with Crippen LogP contribution in [0.5, 0.6) is 0 Å². The molecular weight excluding hydrogens is 338 g/mol. The highest BCUT2D eigenvalue weighted by Gasteiger charge is 2.25. The van der Waals surface area contributed by atoms with Crippen LogP contribution in [0.3, 0.4) is 0 Å². The van der Waals surface area contributed by atoms with Gasteiger partial charge in [-0.1, -0.05) is 37.0 Å². The van der Waals surface area contributed by atoms with Crippen molar-refractivity contribution < 1.29 is 9.59 Å². The number of carbonyl (C=O) groups is 2. The monoisotopic (exact) mass is 373 g/mol. The minimum absolute atomic E-state index is 0.0823. The molecule has 1 fully saturated rings. The Labute approximate surface area is 164 Å². The van der Waals surface area contributed by atoms with E-state index in [4.69, 9.17) is 0 Å². The number of nitrogens with one attached hydrogen (secondary N) is 1. The van der Waals surface area contributed by atoms with Crippen molar-refractivity contribution in [3.05, 3.63) is 28.8 Å². The highest BCUT2D eigenvalue weighted by atomic mass is 16.2. The van der Waals surface area contributed by atoms with E-state index in [-0.39, 0.29) is 24.9 Å². The lowest BCUT2D eigenvalue weighted by Gasteiger charge is -2.34. The van der Waals surface area contributed by atoms with E-state index in [2.05, 4.69) is 24.4 Å². The Kier molecular flexibility index (Phi) is 7.84. The Hall–Kier alpha value is -1.88. The van der Waals surface area contributed by atoms with Crippen molar-refractivity contribution in [2.45, 2.75) is 65.8 Å². The van der Waals surface area contributed by atoms with Crippen molar-refractivity contribution in [1.29, 1.82) is 0 Å². The normalized spacial score (nSPS) is 15.0. The predicted molar refractivity (Wildman–Crippen MR) is 111 cm³/mol. The van der Waals surface area contributed by atoms with Crippen LogP contribution in [0.1, 0.15) is 55.7 Å². The summed E-state index contributed by atoms with van der Waals surface area (Å²) in [6.07, 6.45) is 5.91. The summed E-state index contributed by atoms with van der Waals surface area (Å²) in [5, 5.41) is 3.01. The van der Waals surface area contributed by atoms with Crippen LogP contribution < -0.4 is 5.32 Å². The topological polar surface area (TPSA) is 52.7 Å². The lowest BCUT2D eigenvalue weighted by atomic mass is 9.94. The molecule has 0 aromatic heterocycles. The fourth-order valence-electron chi connectivity index (χ4n) is 4.21. The van der Waals surface area contributed by atoms with Gasteiger partial charge in [0.1, 0.15) is 0 Å². The SMILES string of the molecule is CCN(C(=O)CN(C)CC(=O)Nc1c(C)cc(C)cc1C)C1CCCCC1. The molecule has 0 heterocycles. The Balaban J connectivity index is 1.89. The van der Waals surface area contributed by atoms with Gasteiger partial charge in [-0.3, -0.25) is 14.5 Å². The fourth-order valence-corrected chi connectivity index (χ4v) is 4.21. The van der Waals surface area contributed by atoms with Gasteiger partial charge < -0.3 is 10.2 Å². The molecule has 1 saturated carbocycles. The number of amides is 2. The molecule has 1 aliphatic rings. The smallest absolute Gasteiger partial charge is 0.238 e. The van der Waals surface area contributed by atoms with E-state index in [1.807, 2.05) is 37.6 Å². The van der Waals surface area contributed by atoms with Crippen molar-refractivity contribution >= 4 is 17.5 Å². The Morgan fingerprint density at radius 3 is 2.19 bits per heavy atom. The molecule has 5 heteroatoms. The van der Waals surface area contributed by atoms with Crippen LogP contribution in [0.4, 0.5) is 5.69 Å². The first-order chi connectivity index (χ1) is 12.8. The lowest BCUT2D eigenvalue weighted by Crippen LogP contribution is -2.46. The van der Waals surface area contributed by atoms with Crippen LogP contribution in [-0.4, -0.2) is 54.3 Å². The van der Waals surface area contributed by atoms with Gasteiger partial charge in [-0.25, -0.2) is 0 Å². The molecule has 1 N–H and O–H groups in total. The molecule has 0 spiro atoms. The molecule has 0 bridgehead atoms. The minimum Gasteiger partial charge on any atom is -0.339 e. The molecular formula is C22H35N3O2. The predicted octanol–water partition coefficient (Wildman–Crippen LogP) is 3.66. The molecule has 2 rings (SSSR count). The number of nitrogens with zero attached hydrogens (tertiary/aromatic N) is 2. The first kappa shape index (κ1) is 21.4. The van der Waals surface area contributed by atoms with E-state index < -0.39 is 0 Å². The summed E-state index contributed by atoms with van der Waals surface area (Å²) in [5.41, 5.74) is 4.19. The second-order valence-electron chi connectivity index (χ2n) is 7.97. The number of hydrogen-bond acceptors (Lipinski definition) is 3. The molecule has 0 atom stereocenters. The Morgan fingerprint density at radius 1 is 1.04 bits per heavy atom. The number of likely N-dealkylation sites (N-methyl/N-ethyl adjacent to an activating group) is 2. The van der Waals surface area contributed by atoms with Crippen molar-refractivity contribution in [2.75, 3.05) is 32.0 Å². The molecule has 1 aromatic rings. The third kappa shape index (κ3) is 6.06. The molecule has 0 radical (unpaired) electrons. The molecule has 27 heavy (non-hydrogen) atoms. The van der Waals surface area contributed by atoms with Gasteiger partial charge >= 0.3 is 0 Å². The highest BCUT2D eigenvalue weighted by molar-refractivity contribution is 5.94. The summed E-state index contributed by atoms with van der Waals surface area (Å²) in [5.74, 6) is 0.0449. The summed E-state index contributed by atoms with van der Waals surface area (Å²) < 4.78 is 0. The first-order valence-electron chi connectivity index (χ1n) is 10.2. The highest BCUT2D eigenvalue weighted by Crippen LogP contribution is 2.23. The van der Waals surface area contributed by atoms with Crippen LogP contribution in [-0.2, 0) is 9.59 Å². The number of benzene rings is 1. The molecule has 150 valence electrons. The quantitative estimate of drug-likeness (QED) is 0.793. The van der Waals surface area contributed by atoms with Crippen LogP contribution in [0.2, 0.25) is 0 Å². The summed E-state index contributed by atoms with van der Waals surface area (Å²) in [4.78, 5) is 29.0. The number of anilines is 1. The van der Waals surface area contributed by atoms with Gasteiger partial charge in [0.2, 0.25) is 11.8 Å². The van der Waals surface area contributed by atoms with E-state index >= 15 is 0 Å². The maximum Gasteiger partial charge on any atom is 0.238 e. The second-order valence-corrected chi connectivity index (χ2v) is 7.97. The van der Waals surface area contributed by atoms with Crippen molar-refractivity contribution in [3.63, 3.8) is 0 Å². The second kappa shape index (κ2) is 9.88. The Bertz CT molecular complexity index is 643. The van der Waals surface area contributed by atoms with Crippen LogP contribution >= 0.6 is 0 Å². The van der Waals surface area contributed by atoms with Crippen LogP contribution in [0, 0.1) is 20.8 Å². The van der Waals surface area contributed by atoms with E-state index in [9.17, 15) is 9.59 Å². The third-order valence-corrected chi connectivity index (χ3v) is 5.44. The van der Waals surface area contributed by atoms with Gasteiger partial charge in [0.15, 0.2) is 0 Å². The fraction of sp³-hybridized carbons (Fsp3) is 0.636. The van der Waals surface area contributed by atoms with Gasteiger partial charge in [-0.05, 0) is 58.7 Å². The molecule has 0 unspecified atom stereocenters. The van der Waals surface area contributed by atoms with Crippen LogP contribution in [0.15, 0.2) is 12.1 Å². The first-order valence-corrected chi connectivity index (χ1v) is 10.2. The van der Waals surface area contributed by atoms with Gasteiger partial charge in [-0.15, -0.1) is 0 Å². The summed E-state index contributed by atoms with van der Waals surface area (Å²) in [6.45, 7) is 9.34. The van der Waals surface area contributed by atoms with Gasteiger partial charge in [0.05, 0.1) is 13.1 Å². The zero-order chi connectivity index (χ0) is 20.0. The van der Waals surface area contributed by atoms with E-state index in [0.29, 0.717) is 6.04 Å². The summed E-state index contributed by atoms with van der Waals surface area (Å²) in [7, 11) is 1.83. The molecule has 1 aromatic carbocycles. The van der Waals surface area contributed by atoms with Crippen molar-refractivity contribution in [2.24, 2.45) is 0 Å². The van der Waals surface area contributed by atoms with E-state index in [0.717, 1.165) is 36.2 Å². The largest absolute Gasteiger partial charge is 0.339 e. The Morgan fingerprint density at radius 2 is 1.63 bits per heavy atom. The number of aryl methyl sites for hydroxylation is 3. The molecule has 5 nitrogen and oxygen atoms in total. The molecule has 0 saturated heterocycles. The van der Waals surface area contributed by atoms with Crippen molar-refractivity contribution in [1.82, 2.24) is 9.80 Å². The van der Waals surface area contributed by atoms with Crippen molar-refractivity contribution in [3.8, 4) is 0 Å². The molecule has 0 aliphatic heterocycles. The maximum atomic E-state index is 12.7. The van der Waals surface area contributed by atoms with Crippen LogP contribution in [0.25, 0.3) is 0 Å². The number of carbonyl (C=O) groups excluding carboxylic acids is 2. The summed E-state index contributed by atoms with van der Waals surface area (Å²) in [6, 6.07) is 4.51. The maximum absolute atomic E-state index is 12.7. The molecule has 1 aliphatic carbocycles. The number of rotatable bonds is 7. The standard InChI is InChI=1S/C22H35N3O2/c1-6-25(19-10-8-7-9-11-19)21(27)15-24(5)14-20(26)23-22-17(3)12-16(2)13-18(22)4/h12-13,19H,6-11,14-15H2,1-5H3,(H,23,26). The average Bonchev–Trinajstić information content (AvgIpc) is 2.59. The van der Waals surface area contributed by atoms with Gasteiger partial charge in [0.25, 0.3) is 0 Å². The zero-order valence-corrected chi connectivity index (χ0v) is 17.6. The molecule has 2 amide bonds. The lowest BCUT2D eigenvalue weighted by molar-refractivity contribution is -0.135. The van der Waals surface area contributed by atoms with Gasteiger partial charge in [0, 0.05) is 18.3 Å². The van der Waals surface area contributed by atoms with E-state index in [1.54, 1.807) is 0 Å². The average molecular weight is 374 g/mol. The van der Waals surface area contributed by atoms with Gasteiger partial charge in [-0.2, -0.15) is 0 Å². The number of hydrogen-bond donors (Lipinski definition) is 1. The zero-order valence-electron chi connectivity index (χ0n) is 17.6. The minimum atomic E-state index is -0.0823.